The Kier molecular flexibility index (Phi) is 12.2. The van der Waals surface area contributed by atoms with Crippen LogP contribution in [0.5, 0.6) is 0 Å². The highest BCUT2D eigenvalue weighted by Crippen LogP contribution is 2.23. The first-order valence-corrected chi connectivity index (χ1v) is 17.4. The van der Waals surface area contributed by atoms with Crippen molar-refractivity contribution in [3.63, 3.8) is 0 Å². The highest BCUT2D eigenvalue weighted by molar-refractivity contribution is 5.39. The van der Waals surface area contributed by atoms with Crippen molar-refractivity contribution in [1.82, 2.24) is 0 Å². The molecule has 0 radical (unpaired) electrons. The Balaban J connectivity index is 1.34. The lowest BCUT2D eigenvalue weighted by atomic mass is 9.89. The van der Waals surface area contributed by atoms with Crippen LogP contribution in [0.3, 0.4) is 0 Å². The second kappa shape index (κ2) is 16.9. The molecule has 5 rings (SSSR count). The van der Waals surface area contributed by atoms with E-state index < -0.39 is 0 Å². The predicted octanol–water partition coefficient (Wildman–Crippen LogP) is 6.60. The molecular formula is C42H54N4+4. The molecule has 0 aliphatic heterocycles. The number of aryl methyl sites for hydroxylation is 12. The first-order chi connectivity index (χ1) is 22.4. The Morgan fingerprint density at radius 1 is 0.326 bits per heavy atom. The molecule has 5 aromatic rings. The Bertz CT molecular complexity index is 1390. The van der Waals surface area contributed by atoms with E-state index in [1.54, 1.807) is 22.3 Å². The van der Waals surface area contributed by atoms with Gasteiger partial charge in [-0.15, -0.1) is 0 Å². The van der Waals surface area contributed by atoms with Crippen LogP contribution in [0.15, 0.2) is 110 Å². The lowest BCUT2D eigenvalue weighted by molar-refractivity contribution is -0.697. The number of aromatic nitrogens is 4. The number of hydrogen-bond donors (Lipinski definition) is 0. The van der Waals surface area contributed by atoms with Gasteiger partial charge in [0.2, 0.25) is 0 Å². The van der Waals surface area contributed by atoms with Crippen molar-refractivity contribution in [3.05, 3.63) is 155 Å². The molecule has 46 heavy (non-hydrogen) atoms. The van der Waals surface area contributed by atoms with E-state index in [0.717, 1.165) is 77.5 Å². The first-order valence-electron chi connectivity index (χ1n) is 17.4. The third-order valence-corrected chi connectivity index (χ3v) is 9.20. The van der Waals surface area contributed by atoms with Crippen LogP contribution in [0.1, 0.15) is 70.2 Å². The van der Waals surface area contributed by atoms with Crippen molar-refractivity contribution in [2.75, 3.05) is 0 Å². The third kappa shape index (κ3) is 10.4. The molecule has 4 heteroatoms. The second-order valence-corrected chi connectivity index (χ2v) is 13.3. The molecule has 4 heterocycles. The lowest BCUT2D eigenvalue weighted by Gasteiger charge is -2.16. The van der Waals surface area contributed by atoms with Gasteiger partial charge in [-0.2, -0.15) is 0 Å². The van der Waals surface area contributed by atoms with Crippen molar-refractivity contribution in [3.8, 4) is 0 Å². The molecule has 0 unspecified atom stereocenters. The van der Waals surface area contributed by atoms with Crippen molar-refractivity contribution >= 4 is 0 Å². The summed E-state index contributed by atoms with van der Waals surface area (Å²) in [6.45, 7) is 12.8. The Hall–Kier alpha value is -4.18. The maximum Gasteiger partial charge on any atom is 0.169 e. The minimum Gasteiger partial charge on any atom is -0.205 e. The van der Waals surface area contributed by atoms with Crippen molar-refractivity contribution in [1.29, 1.82) is 0 Å². The van der Waals surface area contributed by atoms with Gasteiger partial charge >= 0.3 is 0 Å². The molecule has 0 aliphatic carbocycles. The molecule has 0 saturated carbocycles. The highest BCUT2D eigenvalue weighted by atomic mass is 14.9. The largest absolute Gasteiger partial charge is 0.205 e. The van der Waals surface area contributed by atoms with E-state index in [1.807, 2.05) is 0 Å². The van der Waals surface area contributed by atoms with Gasteiger partial charge in [0.1, 0.15) is 26.2 Å². The molecular weight excluding hydrogens is 560 g/mol. The molecule has 0 aliphatic rings. The number of pyridine rings is 4. The Morgan fingerprint density at radius 3 is 0.717 bits per heavy atom. The van der Waals surface area contributed by atoms with Crippen LogP contribution >= 0.6 is 0 Å². The minimum absolute atomic E-state index is 1.05. The van der Waals surface area contributed by atoms with E-state index in [0.29, 0.717) is 0 Å². The maximum atomic E-state index is 2.60. The normalized spacial score (nSPS) is 11.2. The second-order valence-electron chi connectivity index (χ2n) is 13.3. The summed E-state index contributed by atoms with van der Waals surface area (Å²) in [7, 11) is 0. The molecule has 0 spiro atoms. The quantitative estimate of drug-likeness (QED) is 0.111. The summed E-state index contributed by atoms with van der Waals surface area (Å²) < 4.78 is 9.32. The van der Waals surface area contributed by atoms with E-state index in [-0.39, 0.29) is 0 Å². The molecule has 0 N–H and O–H groups in total. The van der Waals surface area contributed by atoms with Crippen LogP contribution < -0.4 is 18.3 Å². The van der Waals surface area contributed by atoms with Crippen LogP contribution in [0, 0.1) is 27.7 Å². The number of hydrogen-bond acceptors (Lipinski definition) is 0. The maximum absolute atomic E-state index is 2.60. The van der Waals surface area contributed by atoms with Crippen LogP contribution in [0.25, 0.3) is 0 Å². The topological polar surface area (TPSA) is 15.5 Å². The number of benzene rings is 1. The molecule has 4 aromatic heterocycles. The summed E-state index contributed by atoms with van der Waals surface area (Å²) in [6.07, 6.45) is 26.8. The average Bonchev–Trinajstić information content (AvgIpc) is 3.06. The summed E-state index contributed by atoms with van der Waals surface area (Å²) in [5, 5.41) is 0. The number of rotatable bonds is 16. The predicted molar refractivity (Wildman–Crippen MR) is 185 cm³/mol. The fraction of sp³-hybridized carbons (Fsp3) is 0.381. The van der Waals surface area contributed by atoms with E-state index in [2.05, 4.69) is 156 Å². The van der Waals surface area contributed by atoms with Gasteiger partial charge in [-0.25, -0.2) is 18.3 Å². The van der Waals surface area contributed by atoms with Crippen LogP contribution in [-0.2, 0) is 51.9 Å². The third-order valence-electron chi connectivity index (χ3n) is 9.20. The first kappa shape index (κ1) is 33.2. The number of nitrogens with zero attached hydrogens (tertiary/aromatic N) is 4. The molecule has 0 atom stereocenters. The fourth-order valence-electron chi connectivity index (χ4n) is 6.25. The van der Waals surface area contributed by atoms with Crippen LogP contribution in [0.4, 0.5) is 0 Å². The van der Waals surface area contributed by atoms with E-state index in [9.17, 15) is 0 Å². The van der Waals surface area contributed by atoms with Gasteiger partial charge < -0.3 is 0 Å². The fourth-order valence-corrected chi connectivity index (χ4v) is 6.25. The minimum atomic E-state index is 1.05. The van der Waals surface area contributed by atoms with Gasteiger partial charge in [0.05, 0.1) is 0 Å². The SMILES string of the molecule is Cc1cc[n+](CCCc2cc(CCC[n+]3ccc(C)cc3)c(CCC[n+]3ccc(C)cc3)cc2CCC[n+]2ccc(C)cc2)cc1. The van der Waals surface area contributed by atoms with Gasteiger partial charge in [0.25, 0.3) is 0 Å². The Labute approximate surface area is 277 Å². The zero-order chi connectivity index (χ0) is 32.1. The van der Waals surface area contributed by atoms with Crippen molar-refractivity contribution in [2.45, 2.75) is 105 Å². The molecule has 0 amide bonds. The smallest absolute Gasteiger partial charge is 0.169 e. The van der Waals surface area contributed by atoms with Gasteiger partial charge in [-0.1, -0.05) is 12.1 Å². The summed E-state index contributed by atoms with van der Waals surface area (Å²) in [4.78, 5) is 0. The van der Waals surface area contributed by atoms with Gasteiger partial charge in [-0.3, -0.25) is 0 Å². The van der Waals surface area contributed by atoms with Gasteiger partial charge in [0, 0.05) is 74.2 Å². The standard InChI is InChI=1S/C42H54N4/c1-35-13-25-43(26-14-35)21-5-9-39-33-41(11-7-23-45-29-17-37(3)18-30-45)42(12-8-24-46-31-19-38(4)20-32-46)34-40(39)10-6-22-44-27-15-36(2)16-28-44/h13-20,25-34H,5-12,21-24H2,1-4H3/q+4. The lowest BCUT2D eigenvalue weighted by Crippen LogP contribution is -2.33. The summed E-state index contributed by atoms with van der Waals surface area (Å²) in [6, 6.07) is 22.9. The summed E-state index contributed by atoms with van der Waals surface area (Å²) >= 11 is 0. The molecule has 0 fully saturated rings. The zero-order valence-corrected chi connectivity index (χ0v) is 28.7. The average molecular weight is 615 g/mol. The molecule has 1 aromatic carbocycles. The molecule has 0 bridgehead atoms. The Morgan fingerprint density at radius 2 is 0.522 bits per heavy atom. The highest BCUT2D eigenvalue weighted by Gasteiger charge is 2.14. The van der Waals surface area contributed by atoms with E-state index >= 15 is 0 Å². The molecule has 238 valence electrons. The summed E-state index contributed by atoms with van der Waals surface area (Å²) in [5.74, 6) is 0. The van der Waals surface area contributed by atoms with E-state index in [4.69, 9.17) is 0 Å². The monoisotopic (exact) mass is 614 g/mol. The van der Waals surface area contributed by atoms with Crippen molar-refractivity contribution < 1.29 is 18.3 Å². The van der Waals surface area contributed by atoms with Crippen LogP contribution in [-0.4, -0.2) is 0 Å². The molecule has 0 saturated heterocycles. The van der Waals surface area contributed by atoms with Gasteiger partial charge in [0.15, 0.2) is 49.6 Å². The zero-order valence-electron chi connectivity index (χ0n) is 28.7. The van der Waals surface area contributed by atoms with Crippen LogP contribution in [0.2, 0.25) is 0 Å². The summed E-state index contributed by atoms with van der Waals surface area (Å²) in [5.41, 5.74) is 11.5. The molecule has 4 nitrogen and oxygen atoms in total. The van der Waals surface area contributed by atoms with Crippen molar-refractivity contribution in [2.24, 2.45) is 0 Å². The van der Waals surface area contributed by atoms with Gasteiger partial charge in [-0.05, 0) is 97.9 Å². The van der Waals surface area contributed by atoms with E-state index in [1.165, 1.54) is 22.3 Å².